The summed E-state index contributed by atoms with van der Waals surface area (Å²) in [6.07, 6.45) is -0.190. The quantitative estimate of drug-likeness (QED) is 0.549. The van der Waals surface area contributed by atoms with E-state index in [0.29, 0.717) is 18.4 Å². The highest BCUT2D eigenvalue weighted by Crippen LogP contribution is 2.07. The fraction of sp³-hybridized carbons (Fsp3) is 0.364. The SMILES string of the molecule is O=C(CCCC(O)O)c1ccccc1. The number of carbonyl (C=O) groups excluding carboxylic acids is 1. The molecule has 2 N–H and O–H groups in total. The summed E-state index contributed by atoms with van der Waals surface area (Å²) < 4.78 is 0. The maximum atomic E-state index is 11.5. The van der Waals surface area contributed by atoms with Gasteiger partial charge in [0.25, 0.3) is 0 Å². The molecule has 0 heterocycles. The van der Waals surface area contributed by atoms with Crippen molar-refractivity contribution in [3.8, 4) is 0 Å². The summed E-state index contributed by atoms with van der Waals surface area (Å²) in [6.45, 7) is 0. The van der Waals surface area contributed by atoms with Crippen molar-refractivity contribution < 1.29 is 15.0 Å². The molecule has 0 aliphatic heterocycles. The lowest BCUT2D eigenvalue weighted by Crippen LogP contribution is -2.06. The number of ketones is 1. The molecule has 0 amide bonds. The van der Waals surface area contributed by atoms with E-state index in [-0.39, 0.29) is 12.2 Å². The van der Waals surface area contributed by atoms with Gasteiger partial charge in [0.05, 0.1) is 0 Å². The molecule has 0 radical (unpaired) electrons. The van der Waals surface area contributed by atoms with Crippen LogP contribution in [0.4, 0.5) is 0 Å². The molecule has 1 aromatic rings. The summed E-state index contributed by atoms with van der Waals surface area (Å²) in [5, 5.41) is 17.2. The normalized spacial score (nSPS) is 10.5. The predicted molar refractivity (Wildman–Crippen MR) is 52.8 cm³/mol. The Kier molecular flexibility index (Phi) is 4.29. The first-order chi connectivity index (χ1) is 6.70. The minimum Gasteiger partial charge on any atom is -0.368 e. The van der Waals surface area contributed by atoms with Crippen molar-refractivity contribution in [2.45, 2.75) is 25.6 Å². The van der Waals surface area contributed by atoms with Crippen LogP contribution < -0.4 is 0 Å². The van der Waals surface area contributed by atoms with E-state index in [2.05, 4.69) is 0 Å². The van der Waals surface area contributed by atoms with Gasteiger partial charge in [-0.05, 0) is 12.8 Å². The van der Waals surface area contributed by atoms with Gasteiger partial charge in [-0.25, -0.2) is 0 Å². The Morgan fingerprint density at radius 3 is 2.43 bits per heavy atom. The summed E-state index contributed by atoms with van der Waals surface area (Å²) >= 11 is 0. The van der Waals surface area contributed by atoms with Crippen LogP contribution in [0.15, 0.2) is 30.3 Å². The second-order valence-corrected chi connectivity index (χ2v) is 3.16. The number of aliphatic hydroxyl groups excluding tert-OH is 1. The van der Waals surface area contributed by atoms with E-state index in [4.69, 9.17) is 10.2 Å². The average molecular weight is 194 g/mol. The highest BCUT2D eigenvalue weighted by Gasteiger charge is 2.05. The summed E-state index contributed by atoms with van der Waals surface area (Å²) in [6, 6.07) is 9.01. The van der Waals surface area contributed by atoms with Crippen LogP contribution in [0.2, 0.25) is 0 Å². The van der Waals surface area contributed by atoms with Gasteiger partial charge in [0.15, 0.2) is 12.1 Å². The van der Waals surface area contributed by atoms with Crippen LogP contribution in [0.25, 0.3) is 0 Å². The van der Waals surface area contributed by atoms with Crippen molar-refractivity contribution in [3.05, 3.63) is 35.9 Å². The van der Waals surface area contributed by atoms with Gasteiger partial charge in [0, 0.05) is 12.0 Å². The van der Waals surface area contributed by atoms with Crippen LogP contribution in [0.3, 0.4) is 0 Å². The van der Waals surface area contributed by atoms with E-state index in [9.17, 15) is 4.79 Å². The predicted octanol–water partition coefficient (Wildman–Crippen LogP) is 1.35. The zero-order valence-electron chi connectivity index (χ0n) is 7.89. The monoisotopic (exact) mass is 194 g/mol. The molecule has 0 fully saturated rings. The minimum atomic E-state index is -1.31. The first-order valence-corrected chi connectivity index (χ1v) is 4.64. The lowest BCUT2D eigenvalue weighted by Gasteiger charge is -2.02. The molecule has 3 nitrogen and oxygen atoms in total. The molecule has 1 aromatic carbocycles. The zero-order valence-corrected chi connectivity index (χ0v) is 7.89. The van der Waals surface area contributed by atoms with Crippen LogP contribution >= 0.6 is 0 Å². The Bertz CT molecular complexity index is 280. The van der Waals surface area contributed by atoms with Crippen LogP contribution in [0, 0.1) is 0 Å². The van der Waals surface area contributed by atoms with Gasteiger partial charge in [0.2, 0.25) is 0 Å². The van der Waals surface area contributed by atoms with E-state index in [1.54, 1.807) is 12.1 Å². The third-order valence-electron chi connectivity index (χ3n) is 1.96. The highest BCUT2D eigenvalue weighted by molar-refractivity contribution is 5.95. The topological polar surface area (TPSA) is 57.5 Å². The largest absolute Gasteiger partial charge is 0.368 e. The number of aliphatic hydroxyl groups is 2. The van der Waals surface area contributed by atoms with Gasteiger partial charge in [-0.3, -0.25) is 4.79 Å². The van der Waals surface area contributed by atoms with Crippen molar-refractivity contribution in [2.75, 3.05) is 0 Å². The Hall–Kier alpha value is -1.19. The van der Waals surface area contributed by atoms with Crippen LogP contribution in [0.5, 0.6) is 0 Å². The number of carbonyl (C=O) groups is 1. The van der Waals surface area contributed by atoms with Crippen molar-refractivity contribution in [1.82, 2.24) is 0 Å². The van der Waals surface area contributed by atoms with Crippen molar-refractivity contribution in [3.63, 3.8) is 0 Å². The second-order valence-electron chi connectivity index (χ2n) is 3.16. The Labute approximate surface area is 83.0 Å². The number of Topliss-reactive ketones (excluding diaryl/α,β-unsaturated/α-hetero) is 1. The molecule has 0 aliphatic rings. The van der Waals surface area contributed by atoms with E-state index < -0.39 is 6.29 Å². The minimum absolute atomic E-state index is 0.0475. The Morgan fingerprint density at radius 2 is 1.86 bits per heavy atom. The summed E-state index contributed by atoms with van der Waals surface area (Å²) in [5.41, 5.74) is 0.680. The maximum absolute atomic E-state index is 11.5. The Morgan fingerprint density at radius 1 is 1.21 bits per heavy atom. The molecule has 0 aliphatic carbocycles. The number of rotatable bonds is 5. The Balaban J connectivity index is 2.36. The van der Waals surface area contributed by atoms with Gasteiger partial charge < -0.3 is 10.2 Å². The first kappa shape index (κ1) is 10.9. The van der Waals surface area contributed by atoms with Crippen molar-refractivity contribution in [2.24, 2.45) is 0 Å². The molecule has 0 aromatic heterocycles. The van der Waals surface area contributed by atoms with Gasteiger partial charge in [-0.2, -0.15) is 0 Å². The molecule has 0 saturated heterocycles. The van der Waals surface area contributed by atoms with Crippen LogP contribution in [-0.2, 0) is 0 Å². The maximum Gasteiger partial charge on any atom is 0.162 e. The average Bonchev–Trinajstić information content (AvgIpc) is 2.18. The van der Waals surface area contributed by atoms with E-state index in [1.807, 2.05) is 18.2 Å². The van der Waals surface area contributed by atoms with E-state index in [0.717, 1.165) is 0 Å². The molecule has 1 rings (SSSR count). The summed E-state index contributed by atoms with van der Waals surface area (Å²) in [7, 11) is 0. The van der Waals surface area contributed by atoms with E-state index in [1.165, 1.54) is 0 Å². The molecular weight excluding hydrogens is 180 g/mol. The third kappa shape index (κ3) is 3.68. The van der Waals surface area contributed by atoms with E-state index >= 15 is 0 Å². The number of benzene rings is 1. The summed E-state index contributed by atoms with van der Waals surface area (Å²) in [4.78, 5) is 11.5. The number of hydrogen-bond acceptors (Lipinski definition) is 3. The van der Waals surface area contributed by atoms with Gasteiger partial charge in [-0.1, -0.05) is 30.3 Å². The van der Waals surface area contributed by atoms with Crippen LogP contribution in [0.1, 0.15) is 29.6 Å². The molecule has 3 heteroatoms. The third-order valence-corrected chi connectivity index (χ3v) is 1.96. The molecule has 0 spiro atoms. The fourth-order valence-electron chi connectivity index (χ4n) is 1.21. The molecule has 0 bridgehead atoms. The standard InChI is InChI=1S/C11H14O3/c12-10(7-4-8-11(13)14)9-5-2-1-3-6-9/h1-3,5-6,11,13-14H,4,7-8H2. The van der Waals surface area contributed by atoms with Gasteiger partial charge >= 0.3 is 0 Å². The van der Waals surface area contributed by atoms with Crippen molar-refractivity contribution >= 4 is 5.78 Å². The highest BCUT2D eigenvalue weighted by atomic mass is 16.5. The van der Waals surface area contributed by atoms with Gasteiger partial charge in [-0.15, -0.1) is 0 Å². The molecular formula is C11H14O3. The number of hydrogen-bond donors (Lipinski definition) is 2. The molecule has 76 valence electrons. The molecule has 14 heavy (non-hydrogen) atoms. The second kappa shape index (κ2) is 5.52. The van der Waals surface area contributed by atoms with Crippen molar-refractivity contribution in [1.29, 1.82) is 0 Å². The summed E-state index contributed by atoms with van der Waals surface area (Å²) in [5.74, 6) is 0.0475. The smallest absolute Gasteiger partial charge is 0.162 e. The van der Waals surface area contributed by atoms with Gasteiger partial charge in [0.1, 0.15) is 0 Å². The zero-order chi connectivity index (χ0) is 10.4. The fourth-order valence-corrected chi connectivity index (χ4v) is 1.21. The molecule has 0 saturated carbocycles. The first-order valence-electron chi connectivity index (χ1n) is 4.64. The lowest BCUT2D eigenvalue weighted by atomic mass is 10.1. The lowest BCUT2D eigenvalue weighted by molar-refractivity contribution is -0.0461. The molecule has 0 unspecified atom stereocenters. The molecule has 0 atom stereocenters. The van der Waals surface area contributed by atoms with Crippen LogP contribution in [-0.4, -0.2) is 22.3 Å².